The Morgan fingerprint density at radius 2 is 2.13 bits per heavy atom. The number of aliphatic hydroxyl groups excluding tert-OH is 1. The third-order valence-electron chi connectivity index (χ3n) is 2.43. The maximum Gasteiger partial charge on any atom is 0.0585 e. The summed E-state index contributed by atoms with van der Waals surface area (Å²) in [5, 5.41) is 10.4. The molecule has 1 aromatic carbocycles. The average Bonchev–Trinajstić information content (AvgIpc) is 2.17. The van der Waals surface area contributed by atoms with Crippen molar-refractivity contribution in [2.45, 2.75) is 38.7 Å². The molecule has 1 unspecified atom stereocenters. The van der Waals surface area contributed by atoms with Gasteiger partial charge in [-0.2, -0.15) is 29.8 Å². The van der Waals surface area contributed by atoms with Crippen LogP contribution in [0.2, 0.25) is 5.02 Å². The molecule has 0 aromatic heterocycles. The summed E-state index contributed by atoms with van der Waals surface area (Å²) in [6.45, 7) is 4.07. The minimum atomic E-state index is -0.297. The largest absolute Gasteiger partial charge is 0.393 e. The molecule has 3 heteroatoms. The zero-order chi connectivity index (χ0) is 10.6. The third-order valence-corrected chi connectivity index (χ3v) is 2.65. The Balaban J connectivity index is 0.00000196. The molecule has 1 aromatic rings. The summed E-state index contributed by atoms with van der Waals surface area (Å²) in [4.78, 5) is 0. The van der Waals surface area contributed by atoms with Crippen molar-refractivity contribution >= 4 is 11.6 Å². The number of benzene rings is 1. The minimum absolute atomic E-state index is 0. The van der Waals surface area contributed by atoms with Crippen molar-refractivity contribution < 1.29 is 22.5 Å². The van der Waals surface area contributed by atoms with Crippen LogP contribution >= 0.6 is 11.6 Å². The van der Waals surface area contributed by atoms with E-state index in [1.165, 1.54) is 0 Å². The Bertz CT molecular complexity index is 291. The van der Waals surface area contributed by atoms with E-state index in [1.807, 2.05) is 19.1 Å². The van der Waals surface area contributed by atoms with Gasteiger partial charge in [0.25, 0.3) is 0 Å². The van der Waals surface area contributed by atoms with E-state index < -0.39 is 0 Å². The first-order chi connectivity index (χ1) is 6.65. The Hall–Kier alpha value is 0.00247. The van der Waals surface area contributed by atoms with E-state index in [2.05, 4.69) is 13.0 Å². The van der Waals surface area contributed by atoms with E-state index in [1.54, 1.807) is 6.07 Å². The topological polar surface area (TPSA) is 20.2 Å². The summed E-state index contributed by atoms with van der Waals surface area (Å²) < 4.78 is 0. The van der Waals surface area contributed by atoms with E-state index in [0.717, 1.165) is 18.4 Å². The molecule has 0 aliphatic heterocycles. The fraction of sp³-hybridized carbons (Fsp3) is 0.500. The van der Waals surface area contributed by atoms with Crippen LogP contribution < -0.4 is 0 Å². The van der Waals surface area contributed by atoms with E-state index in [0.29, 0.717) is 5.02 Å². The second-order valence-corrected chi connectivity index (χ2v) is 4.01. The number of hydrogen-bond acceptors (Lipinski definition) is 1. The molecule has 1 rings (SSSR count). The summed E-state index contributed by atoms with van der Waals surface area (Å²) in [5.41, 5.74) is 0.985. The fourth-order valence-corrected chi connectivity index (χ4v) is 1.66. The monoisotopic (exact) mass is 263 g/mol. The number of aliphatic hydroxyl groups is 1. The predicted molar refractivity (Wildman–Crippen MR) is 59.6 cm³/mol. The van der Waals surface area contributed by atoms with Gasteiger partial charge in [-0.1, -0.05) is 25.3 Å². The van der Waals surface area contributed by atoms with Gasteiger partial charge in [0.05, 0.1) is 6.10 Å². The van der Waals surface area contributed by atoms with Crippen LogP contribution in [0.5, 0.6) is 0 Å². The summed E-state index contributed by atoms with van der Waals surface area (Å²) in [5.74, 6) is 0.105. The number of hydrogen-bond donors (Lipinski definition) is 1. The molecule has 1 nitrogen and oxygen atoms in total. The van der Waals surface area contributed by atoms with Crippen molar-refractivity contribution in [2.75, 3.05) is 0 Å². The van der Waals surface area contributed by atoms with Crippen LogP contribution in [0.4, 0.5) is 0 Å². The van der Waals surface area contributed by atoms with Gasteiger partial charge in [0.2, 0.25) is 0 Å². The Labute approximate surface area is 108 Å². The van der Waals surface area contributed by atoms with Crippen molar-refractivity contribution in [3.05, 3.63) is 34.9 Å². The molecule has 0 radical (unpaired) electrons. The standard InChI is InChI=1S/C12H16ClO.Cr/c1-3-5-12(14)9(2)10-6-4-7-11(13)8-10;/h4,6-7,9,12,14H,3,5H2,1-2H3;/q-1;/t9?,12-;/m1./s1. The summed E-state index contributed by atoms with van der Waals surface area (Å²) >= 11 is 5.83. The maximum absolute atomic E-state index is 9.80. The second kappa shape index (κ2) is 7.30. The molecule has 0 aliphatic rings. The van der Waals surface area contributed by atoms with Crippen LogP contribution in [0.25, 0.3) is 0 Å². The van der Waals surface area contributed by atoms with Crippen LogP contribution in [-0.4, -0.2) is 11.2 Å². The van der Waals surface area contributed by atoms with Crippen LogP contribution in [-0.2, 0) is 17.4 Å². The van der Waals surface area contributed by atoms with Gasteiger partial charge in [-0.3, -0.25) is 0 Å². The van der Waals surface area contributed by atoms with Crippen LogP contribution in [0.1, 0.15) is 38.2 Å². The Kier molecular flexibility index (Phi) is 7.31. The fourth-order valence-electron chi connectivity index (χ4n) is 1.48. The Morgan fingerprint density at radius 3 is 2.67 bits per heavy atom. The van der Waals surface area contributed by atoms with Crippen molar-refractivity contribution in [1.82, 2.24) is 0 Å². The molecule has 0 saturated carbocycles. The molecule has 15 heavy (non-hydrogen) atoms. The van der Waals surface area contributed by atoms with Gasteiger partial charge < -0.3 is 5.11 Å². The van der Waals surface area contributed by atoms with E-state index in [-0.39, 0.29) is 29.4 Å². The van der Waals surface area contributed by atoms with Crippen LogP contribution in [0.3, 0.4) is 0 Å². The summed E-state index contributed by atoms with van der Waals surface area (Å²) in [6.07, 6.45) is 1.52. The van der Waals surface area contributed by atoms with Gasteiger partial charge in [-0.15, -0.1) is 11.6 Å². The van der Waals surface area contributed by atoms with Gasteiger partial charge in [0, 0.05) is 17.4 Å². The predicted octanol–water partition coefficient (Wildman–Crippen LogP) is 3.40. The van der Waals surface area contributed by atoms with Gasteiger partial charge >= 0.3 is 0 Å². The van der Waals surface area contributed by atoms with Crippen LogP contribution in [0, 0.1) is 6.07 Å². The first-order valence-corrected chi connectivity index (χ1v) is 5.38. The molecule has 1 N–H and O–H groups in total. The molecule has 0 spiro atoms. The molecule has 0 fully saturated rings. The van der Waals surface area contributed by atoms with Crippen LogP contribution in [0.15, 0.2) is 18.2 Å². The van der Waals surface area contributed by atoms with Gasteiger partial charge in [0.15, 0.2) is 0 Å². The summed E-state index contributed by atoms with van der Waals surface area (Å²) in [6, 6.07) is 8.69. The third kappa shape index (κ3) is 4.57. The molecule has 0 aliphatic carbocycles. The van der Waals surface area contributed by atoms with Gasteiger partial charge in [-0.05, 0) is 12.3 Å². The van der Waals surface area contributed by atoms with E-state index >= 15 is 0 Å². The number of halogens is 1. The van der Waals surface area contributed by atoms with Gasteiger partial charge in [-0.25, -0.2) is 0 Å². The van der Waals surface area contributed by atoms with Crippen molar-refractivity contribution in [3.63, 3.8) is 0 Å². The molecular weight excluding hydrogens is 248 g/mol. The molecule has 0 amide bonds. The normalized spacial score (nSPS) is 14.1. The first kappa shape index (κ1) is 15.0. The van der Waals surface area contributed by atoms with Crippen molar-refractivity contribution in [2.24, 2.45) is 0 Å². The minimum Gasteiger partial charge on any atom is -0.393 e. The molecule has 84 valence electrons. The van der Waals surface area contributed by atoms with Crippen molar-refractivity contribution in [3.8, 4) is 0 Å². The zero-order valence-corrected chi connectivity index (χ0v) is 11.1. The first-order valence-electron chi connectivity index (χ1n) is 5.01. The smallest absolute Gasteiger partial charge is 0.0585 e. The van der Waals surface area contributed by atoms with E-state index in [9.17, 15) is 5.11 Å². The molecular formula is C12H16ClCrO-. The Morgan fingerprint density at radius 1 is 1.47 bits per heavy atom. The quantitative estimate of drug-likeness (QED) is 0.826. The van der Waals surface area contributed by atoms with E-state index in [4.69, 9.17) is 11.6 Å². The SMILES string of the molecule is CCC[C@@H](O)C(C)c1[c-]c(Cl)ccc1.[Cr]. The summed E-state index contributed by atoms with van der Waals surface area (Å²) in [7, 11) is 0. The molecule has 2 atom stereocenters. The maximum atomic E-state index is 9.80. The van der Waals surface area contributed by atoms with Crippen molar-refractivity contribution in [1.29, 1.82) is 0 Å². The molecule has 0 heterocycles. The zero-order valence-electron chi connectivity index (χ0n) is 9.03. The average molecular weight is 264 g/mol. The van der Waals surface area contributed by atoms with Gasteiger partial charge in [0.1, 0.15) is 0 Å². The molecule has 0 bridgehead atoms. The number of rotatable bonds is 4. The second-order valence-electron chi connectivity index (χ2n) is 3.60. The molecule has 0 saturated heterocycles.